The summed E-state index contributed by atoms with van der Waals surface area (Å²) in [5.41, 5.74) is 2.78. The van der Waals surface area contributed by atoms with Crippen LogP contribution in [0.4, 0.5) is 21.9 Å². The zero-order valence-electron chi connectivity index (χ0n) is 17.0. The lowest BCUT2D eigenvalue weighted by Crippen LogP contribution is -2.43. The van der Waals surface area contributed by atoms with Gasteiger partial charge in [-0.3, -0.25) is 9.59 Å². The molecule has 30 heavy (non-hydrogen) atoms. The van der Waals surface area contributed by atoms with Crippen LogP contribution >= 0.6 is 0 Å². The number of likely N-dealkylation sites (tertiary alicyclic amines) is 1. The summed E-state index contributed by atoms with van der Waals surface area (Å²) >= 11 is 0. The molecule has 0 bridgehead atoms. The van der Waals surface area contributed by atoms with Crippen molar-refractivity contribution in [1.82, 2.24) is 4.90 Å². The molecule has 2 fully saturated rings. The molecular weight excluding hydrogens is 380 g/mol. The molecule has 1 aliphatic heterocycles. The van der Waals surface area contributed by atoms with Crippen molar-refractivity contribution in [3.8, 4) is 0 Å². The highest BCUT2D eigenvalue weighted by Crippen LogP contribution is 2.34. The van der Waals surface area contributed by atoms with Crippen LogP contribution in [0.2, 0.25) is 0 Å². The number of carbonyl (C=O) groups excluding carboxylic acids is 3. The van der Waals surface area contributed by atoms with Crippen molar-refractivity contribution in [3.63, 3.8) is 0 Å². The molecule has 7 heteroatoms. The number of nitrogens with zero attached hydrogens (tertiary/aromatic N) is 1. The average molecular weight is 406 g/mol. The van der Waals surface area contributed by atoms with Gasteiger partial charge in [-0.05, 0) is 62.4 Å². The fourth-order valence-corrected chi connectivity index (χ4v) is 3.73. The first-order valence-corrected chi connectivity index (χ1v) is 10.4. The molecule has 4 amide bonds. The molecule has 0 aromatic heterocycles. The van der Waals surface area contributed by atoms with E-state index in [0.717, 1.165) is 24.8 Å². The number of anilines is 3. The van der Waals surface area contributed by atoms with Gasteiger partial charge in [0.05, 0.1) is 0 Å². The maximum atomic E-state index is 12.9. The average Bonchev–Trinajstić information content (AvgIpc) is 3.46. The Labute approximate surface area is 175 Å². The van der Waals surface area contributed by atoms with Crippen molar-refractivity contribution in [2.45, 2.75) is 38.6 Å². The molecule has 0 radical (unpaired) electrons. The summed E-state index contributed by atoms with van der Waals surface area (Å²) in [6, 6.07) is 13.7. The van der Waals surface area contributed by atoms with Gasteiger partial charge in [0.1, 0.15) is 6.04 Å². The fourth-order valence-electron chi connectivity index (χ4n) is 3.73. The van der Waals surface area contributed by atoms with Gasteiger partial charge in [0.2, 0.25) is 11.8 Å². The van der Waals surface area contributed by atoms with Crippen LogP contribution in [0.3, 0.4) is 0 Å². The predicted octanol–water partition coefficient (Wildman–Crippen LogP) is 3.98. The van der Waals surface area contributed by atoms with Crippen LogP contribution in [0.15, 0.2) is 48.5 Å². The summed E-state index contributed by atoms with van der Waals surface area (Å²) in [4.78, 5) is 39.3. The van der Waals surface area contributed by atoms with Gasteiger partial charge < -0.3 is 20.9 Å². The van der Waals surface area contributed by atoms with Crippen molar-refractivity contribution < 1.29 is 14.4 Å². The van der Waals surface area contributed by atoms with E-state index in [9.17, 15) is 14.4 Å². The molecule has 4 rings (SSSR count). The van der Waals surface area contributed by atoms with E-state index < -0.39 is 6.04 Å². The van der Waals surface area contributed by atoms with Crippen LogP contribution in [0, 0.1) is 12.8 Å². The third-order valence-electron chi connectivity index (χ3n) is 5.55. The number of carbonyl (C=O) groups is 3. The first-order chi connectivity index (χ1) is 14.5. The van der Waals surface area contributed by atoms with E-state index in [1.54, 1.807) is 29.2 Å². The molecule has 1 heterocycles. The number of urea groups is 1. The highest BCUT2D eigenvalue weighted by Gasteiger charge is 2.40. The van der Waals surface area contributed by atoms with Crippen LogP contribution in [-0.2, 0) is 9.59 Å². The van der Waals surface area contributed by atoms with Crippen molar-refractivity contribution in [2.24, 2.45) is 5.92 Å². The van der Waals surface area contributed by atoms with E-state index in [1.165, 1.54) is 0 Å². The SMILES string of the molecule is Cc1ccc(NC(=O)Nc2ccccc2)cc1NC(=O)C1CCCN1C(=O)C1CC1. The number of amides is 4. The smallest absolute Gasteiger partial charge is 0.323 e. The lowest BCUT2D eigenvalue weighted by Gasteiger charge is -2.24. The molecule has 0 spiro atoms. The van der Waals surface area contributed by atoms with Crippen molar-refractivity contribution in [3.05, 3.63) is 54.1 Å². The van der Waals surface area contributed by atoms with E-state index in [2.05, 4.69) is 16.0 Å². The number of nitrogens with one attached hydrogen (secondary N) is 3. The van der Waals surface area contributed by atoms with Crippen molar-refractivity contribution in [2.75, 3.05) is 22.5 Å². The number of para-hydroxylation sites is 1. The van der Waals surface area contributed by atoms with Gasteiger partial charge in [0.25, 0.3) is 0 Å². The van der Waals surface area contributed by atoms with Crippen LogP contribution in [0.25, 0.3) is 0 Å². The molecule has 1 unspecified atom stereocenters. The molecule has 2 aliphatic rings. The van der Waals surface area contributed by atoms with E-state index in [-0.39, 0.29) is 23.8 Å². The second-order valence-corrected chi connectivity index (χ2v) is 7.93. The lowest BCUT2D eigenvalue weighted by atomic mass is 10.1. The standard InChI is InChI=1S/C23H26N4O3/c1-15-9-12-18(25-23(30)24-17-6-3-2-4-7-17)14-19(15)26-21(28)20-8-5-13-27(20)22(29)16-10-11-16/h2-4,6-7,9,12,14,16,20H,5,8,10-11,13H2,1H3,(H,26,28)(H2,24,25,30). The Hall–Kier alpha value is -3.35. The summed E-state index contributed by atoms with van der Waals surface area (Å²) in [5, 5.41) is 8.50. The van der Waals surface area contributed by atoms with Gasteiger partial charge in [-0.25, -0.2) is 4.79 Å². The molecular formula is C23H26N4O3. The Morgan fingerprint density at radius 2 is 1.63 bits per heavy atom. The highest BCUT2D eigenvalue weighted by molar-refractivity contribution is 6.01. The van der Waals surface area contributed by atoms with Gasteiger partial charge >= 0.3 is 6.03 Å². The summed E-state index contributed by atoms with van der Waals surface area (Å²) < 4.78 is 0. The summed E-state index contributed by atoms with van der Waals surface area (Å²) in [6.07, 6.45) is 3.39. The summed E-state index contributed by atoms with van der Waals surface area (Å²) in [5.74, 6) is 0.0450. The van der Waals surface area contributed by atoms with Gasteiger partial charge in [0.15, 0.2) is 0 Å². The topological polar surface area (TPSA) is 90.5 Å². The number of hydrogen-bond donors (Lipinski definition) is 3. The molecule has 2 aromatic carbocycles. The van der Waals surface area contributed by atoms with E-state index >= 15 is 0 Å². The second kappa shape index (κ2) is 8.57. The molecule has 1 atom stereocenters. The summed E-state index contributed by atoms with van der Waals surface area (Å²) in [7, 11) is 0. The van der Waals surface area contributed by atoms with E-state index in [0.29, 0.717) is 30.0 Å². The first kappa shape index (κ1) is 19.9. The minimum atomic E-state index is -0.421. The van der Waals surface area contributed by atoms with E-state index in [1.807, 2.05) is 31.2 Å². The van der Waals surface area contributed by atoms with Crippen LogP contribution in [-0.4, -0.2) is 35.3 Å². The van der Waals surface area contributed by atoms with Gasteiger partial charge in [0, 0.05) is 29.5 Å². The Balaban J connectivity index is 1.41. The fraction of sp³-hybridized carbons (Fsp3) is 0.348. The quantitative estimate of drug-likeness (QED) is 0.702. The third-order valence-corrected chi connectivity index (χ3v) is 5.55. The minimum Gasteiger partial charge on any atom is -0.330 e. The Morgan fingerprint density at radius 3 is 2.37 bits per heavy atom. The minimum absolute atomic E-state index is 0.107. The lowest BCUT2D eigenvalue weighted by molar-refractivity contribution is -0.137. The van der Waals surface area contributed by atoms with E-state index in [4.69, 9.17) is 0 Å². The molecule has 3 N–H and O–H groups in total. The van der Waals surface area contributed by atoms with Crippen LogP contribution < -0.4 is 16.0 Å². The number of aryl methyl sites for hydroxylation is 1. The molecule has 1 saturated carbocycles. The first-order valence-electron chi connectivity index (χ1n) is 10.4. The molecule has 2 aromatic rings. The summed E-state index contributed by atoms with van der Waals surface area (Å²) in [6.45, 7) is 2.54. The zero-order chi connectivity index (χ0) is 21.1. The normalized spacial score (nSPS) is 18.0. The highest BCUT2D eigenvalue weighted by atomic mass is 16.2. The monoisotopic (exact) mass is 406 g/mol. The molecule has 1 saturated heterocycles. The number of hydrogen-bond acceptors (Lipinski definition) is 3. The van der Waals surface area contributed by atoms with Crippen LogP contribution in [0.5, 0.6) is 0 Å². The van der Waals surface area contributed by atoms with Crippen molar-refractivity contribution >= 4 is 34.9 Å². The largest absolute Gasteiger partial charge is 0.330 e. The second-order valence-electron chi connectivity index (χ2n) is 7.93. The van der Waals surface area contributed by atoms with Crippen molar-refractivity contribution in [1.29, 1.82) is 0 Å². The maximum absolute atomic E-state index is 12.9. The predicted molar refractivity (Wildman–Crippen MR) is 116 cm³/mol. The zero-order valence-corrected chi connectivity index (χ0v) is 17.0. The Bertz CT molecular complexity index is 956. The molecule has 7 nitrogen and oxygen atoms in total. The van der Waals surface area contributed by atoms with Gasteiger partial charge in [-0.2, -0.15) is 0 Å². The number of benzene rings is 2. The Morgan fingerprint density at radius 1 is 0.900 bits per heavy atom. The molecule has 156 valence electrons. The molecule has 1 aliphatic carbocycles. The third kappa shape index (κ3) is 4.62. The number of rotatable bonds is 5. The van der Waals surface area contributed by atoms with Gasteiger partial charge in [-0.15, -0.1) is 0 Å². The maximum Gasteiger partial charge on any atom is 0.323 e. The van der Waals surface area contributed by atoms with Gasteiger partial charge in [-0.1, -0.05) is 24.3 Å². The van der Waals surface area contributed by atoms with Crippen LogP contribution in [0.1, 0.15) is 31.2 Å². The Kier molecular flexibility index (Phi) is 5.70.